The van der Waals surface area contributed by atoms with E-state index in [9.17, 15) is 20.2 Å². The minimum atomic E-state index is -0.800. The highest BCUT2D eigenvalue weighted by atomic mass is 16.6. The van der Waals surface area contributed by atoms with Gasteiger partial charge >= 0.3 is 5.97 Å². The lowest BCUT2D eigenvalue weighted by Gasteiger charge is -2.10. The maximum atomic E-state index is 12.2. The summed E-state index contributed by atoms with van der Waals surface area (Å²) >= 11 is 0. The molecule has 0 unspecified atom stereocenters. The van der Waals surface area contributed by atoms with Gasteiger partial charge in [0.05, 0.1) is 40.7 Å². The number of nitriles is 1. The standard InChI is InChI=1S/C22H19N5O5/c1-13-4-6-15(7-5-13)14(2)25-32-19-9-17(8-18(10-19)27(29)30)26-12-16(11-23)20(24)21(26)22(28)31-3/h4-10,12H,24H2,1-3H3. The summed E-state index contributed by atoms with van der Waals surface area (Å²) in [6, 6.07) is 13.3. The van der Waals surface area contributed by atoms with Crippen LogP contribution in [0, 0.1) is 28.4 Å². The molecule has 0 saturated carbocycles. The number of hydrogen-bond donors (Lipinski definition) is 1. The van der Waals surface area contributed by atoms with Crippen molar-refractivity contribution < 1.29 is 19.3 Å². The van der Waals surface area contributed by atoms with Gasteiger partial charge in [-0.1, -0.05) is 35.0 Å². The van der Waals surface area contributed by atoms with E-state index in [2.05, 4.69) is 5.16 Å². The molecule has 2 aromatic carbocycles. The summed E-state index contributed by atoms with van der Waals surface area (Å²) in [6.07, 6.45) is 1.30. The number of nitrogens with zero attached hydrogens (tertiary/aromatic N) is 4. The van der Waals surface area contributed by atoms with E-state index in [4.69, 9.17) is 15.3 Å². The molecule has 0 bridgehead atoms. The number of carbonyl (C=O) groups excluding carboxylic acids is 1. The Morgan fingerprint density at radius 1 is 1.25 bits per heavy atom. The number of ether oxygens (including phenoxy) is 1. The topological polar surface area (TPSA) is 146 Å². The summed E-state index contributed by atoms with van der Waals surface area (Å²) in [5.74, 6) is -0.742. The molecule has 1 aromatic heterocycles. The molecule has 1 heterocycles. The van der Waals surface area contributed by atoms with Crippen molar-refractivity contribution in [3.05, 3.63) is 81.2 Å². The van der Waals surface area contributed by atoms with Crippen LogP contribution in [0.25, 0.3) is 5.69 Å². The van der Waals surface area contributed by atoms with Gasteiger partial charge in [-0.2, -0.15) is 5.26 Å². The molecular formula is C22H19N5O5. The number of esters is 1. The number of hydrogen-bond acceptors (Lipinski definition) is 8. The van der Waals surface area contributed by atoms with E-state index < -0.39 is 10.9 Å². The van der Waals surface area contributed by atoms with E-state index in [0.29, 0.717) is 5.71 Å². The van der Waals surface area contributed by atoms with Crippen LogP contribution < -0.4 is 10.6 Å². The summed E-state index contributed by atoms with van der Waals surface area (Å²) in [7, 11) is 1.16. The molecule has 0 saturated heterocycles. The van der Waals surface area contributed by atoms with Gasteiger partial charge in [0, 0.05) is 18.3 Å². The van der Waals surface area contributed by atoms with Crippen LogP contribution in [0.15, 0.2) is 53.8 Å². The summed E-state index contributed by atoms with van der Waals surface area (Å²) in [6.45, 7) is 3.70. The van der Waals surface area contributed by atoms with Crippen LogP contribution in [0.2, 0.25) is 0 Å². The largest absolute Gasteiger partial charge is 0.464 e. The van der Waals surface area contributed by atoms with Crippen LogP contribution in [-0.2, 0) is 4.74 Å². The average Bonchev–Trinajstić information content (AvgIpc) is 3.13. The van der Waals surface area contributed by atoms with Crippen LogP contribution >= 0.6 is 0 Å². The number of non-ortho nitro benzene ring substituents is 1. The molecule has 0 fully saturated rings. The fourth-order valence-corrected chi connectivity index (χ4v) is 2.95. The predicted molar refractivity (Wildman–Crippen MR) is 117 cm³/mol. The van der Waals surface area contributed by atoms with E-state index in [0.717, 1.165) is 18.2 Å². The zero-order valence-corrected chi connectivity index (χ0v) is 17.5. The SMILES string of the molecule is COC(=O)c1c(N)c(C#N)cn1-c1cc(ON=C(C)c2ccc(C)cc2)cc([N+](=O)[O-])c1. The molecule has 3 rings (SSSR count). The average molecular weight is 433 g/mol. The number of rotatable bonds is 6. The highest BCUT2D eigenvalue weighted by Gasteiger charge is 2.23. The lowest BCUT2D eigenvalue weighted by molar-refractivity contribution is -0.384. The first kappa shape index (κ1) is 22.0. The maximum Gasteiger partial charge on any atom is 0.357 e. The van der Waals surface area contributed by atoms with Gasteiger partial charge in [0.15, 0.2) is 11.4 Å². The van der Waals surface area contributed by atoms with Gasteiger partial charge in [0.1, 0.15) is 6.07 Å². The third-order valence-corrected chi connectivity index (χ3v) is 4.67. The van der Waals surface area contributed by atoms with E-state index in [1.807, 2.05) is 37.3 Å². The molecule has 3 aromatic rings. The second kappa shape index (κ2) is 9.01. The predicted octanol–water partition coefficient (Wildman–Crippen LogP) is 3.74. The molecule has 10 nitrogen and oxygen atoms in total. The van der Waals surface area contributed by atoms with Crippen molar-refractivity contribution in [3.8, 4) is 17.5 Å². The first-order valence-electron chi connectivity index (χ1n) is 9.33. The Morgan fingerprint density at radius 2 is 1.94 bits per heavy atom. The first-order valence-corrected chi connectivity index (χ1v) is 9.33. The van der Waals surface area contributed by atoms with Crippen molar-refractivity contribution >= 4 is 23.1 Å². The van der Waals surface area contributed by atoms with Crippen molar-refractivity contribution in [3.63, 3.8) is 0 Å². The normalized spacial score (nSPS) is 11.0. The van der Waals surface area contributed by atoms with Crippen LogP contribution in [0.1, 0.15) is 34.1 Å². The number of methoxy groups -OCH3 is 1. The van der Waals surface area contributed by atoms with Crippen molar-refractivity contribution in [1.82, 2.24) is 4.57 Å². The minimum Gasteiger partial charge on any atom is -0.464 e. The molecule has 2 N–H and O–H groups in total. The number of carbonyl (C=O) groups is 1. The third-order valence-electron chi connectivity index (χ3n) is 4.67. The fraction of sp³-hybridized carbons (Fsp3) is 0.136. The summed E-state index contributed by atoms with van der Waals surface area (Å²) in [5.41, 5.74) is 8.05. The Hall–Kier alpha value is -4.65. The Balaban J connectivity index is 2.07. The van der Waals surface area contributed by atoms with Crippen molar-refractivity contribution in [2.45, 2.75) is 13.8 Å². The number of oxime groups is 1. The van der Waals surface area contributed by atoms with Crippen molar-refractivity contribution in [1.29, 1.82) is 5.26 Å². The third kappa shape index (κ3) is 4.41. The second-order valence-corrected chi connectivity index (χ2v) is 6.85. The lowest BCUT2D eigenvalue weighted by Crippen LogP contribution is -2.11. The van der Waals surface area contributed by atoms with Crippen LogP contribution in [0.3, 0.4) is 0 Å². The number of nitro groups is 1. The van der Waals surface area contributed by atoms with Gasteiger partial charge in [-0.3, -0.25) is 10.1 Å². The first-order chi connectivity index (χ1) is 15.2. The van der Waals surface area contributed by atoms with Gasteiger partial charge in [0.25, 0.3) is 5.69 Å². The molecule has 10 heteroatoms. The Labute approximate surface area is 183 Å². The lowest BCUT2D eigenvalue weighted by atomic mass is 10.1. The molecule has 0 aliphatic heterocycles. The molecule has 0 atom stereocenters. The zero-order chi connectivity index (χ0) is 23.4. The number of benzene rings is 2. The van der Waals surface area contributed by atoms with E-state index in [1.165, 1.54) is 29.0 Å². The highest BCUT2D eigenvalue weighted by molar-refractivity contribution is 5.98. The zero-order valence-electron chi connectivity index (χ0n) is 17.5. The fourth-order valence-electron chi connectivity index (χ4n) is 2.95. The smallest absolute Gasteiger partial charge is 0.357 e. The van der Waals surface area contributed by atoms with Crippen molar-refractivity contribution in [2.24, 2.45) is 5.16 Å². The van der Waals surface area contributed by atoms with Gasteiger partial charge in [0.2, 0.25) is 0 Å². The molecule has 0 spiro atoms. The van der Waals surface area contributed by atoms with Gasteiger partial charge < -0.3 is 19.9 Å². The number of nitrogen functional groups attached to an aromatic ring is 1. The second-order valence-electron chi connectivity index (χ2n) is 6.85. The number of nitrogens with two attached hydrogens (primary N) is 1. The number of nitro benzene ring substituents is 1. The van der Waals surface area contributed by atoms with Crippen LogP contribution in [-0.4, -0.2) is 28.3 Å². The molecule has 0 radical (unpaired) electrons. The molecule has 32 heavy (non-hydrogen) atoms. The van der Waals surface area contributed by atoms with Crippen LogP contribution in [0.5, 0.6) is 5.75 Å². The number of anilines is 1. The maximum absolute atomic E-state index is 12.2. The molecule has 0 amide bonds. The highest BCUT2D eigenvalue weighted by Crippen LogP contribution is 2.30. The molecule has 0 aliphatic rings. The van der Waals surface area contributed by atoms with E-state index in [-0.39, 0.29) is 34.1 Å². The summed E-state index contributed by atoms with van der Waals surface area (Å²) in [4.78, 5) is 28.6. The molecule has 0 aliphatic carbocycles. The Bertz CT molecular complexity index is 1270. The number of aromatic nitrogens is 1. The van der Waals surface area contributed by atoms with E-state index in [1.54, 1.807) is 6.92 Å². The quantitative estimate of drug-likeness (QED) is 0.270. The Morgan fingerprint density at radius 3 is 2.53 bits per heavy atom. The van der Waals surface area contributed by atoms with Gasteiger partial charge in [-0.15, -0.1) is 0 Å². The minimum absolute atomic E-state index is 0.0209. The molecule has 162 valence electrons. The number of aryl methyl sites for hydroxylation is 1. The summed E-state index contributed by atoms with van der Waals surface area (Å²) in [5, 5.41) is 24.8. The van der Waals surface area contributed by atoms with Gasteiger partial charge in [-0.05, 0) is 19.4 Å². The van der Waals surface area contributed by atoms with Gasteiger partial charge in [-0.25, -0.2) is 4.79 Å². The monoisotopic (exact) mass is 433 g/mol. The van der Waals surface area contributed by atoms with E-state index >= 15 is 0 Å². The summed E-state index contributed by atoms with van der Waals surface area (Å²) < 4.78 is 5.99. The Kier molecular flexibility index (Phi) is 6.21. The molecular weight excluding hydrogens is 414 g/mol. The van der Waals surface area contributed by atoms with Crippen molar-refractivity contribution in [2.75, 3.05) is 12.8 Å². The van der Waals surface area contributed by atoms with Crippen LogP contribution in [0.4, 0.5) is 11.4 Å².